The minimum absolute atomic E-state index is 0.129. The number of carbonyl (C=O) groups is 1. The van der Waals surface area contributed by atoms with E-state index in [1.165, 1.54) is 24.3 Å². The smallest absolute Gasteiger partial charge is 0.416 e. The molecule has 0 atom stereocenters. The molecule has 1 N–H and O–H groups in total. The van der Waals surface area contributed by atoms with Crippen molar-refractivity contribution in [2.75, 3.05) is 11.9 Å². The van der Waals surface area contributed by atoms with Gasteiger partial charge in [-0.3, -0.25) is 0 Å². The third-order valence-corrected chi connectivity index (χ3v) is 1.84. The summed E-state index contributed by atoms with van der Waals surface area (Å²) >= 11 is 0. The van der Waals surface area contributed by atoms with Crippen LogP contribution in [0, 0.1) is 0 Å². The molecule has 0 aromatic carbocycles. The Bertz CT molecular complexity index is 384. The molecule has 6 heteroatoms. The maximum Gasteiger partial charge on any atom is 0.416 e. The fraction of sp³-hybridized carbons (Fsp3) is 0.545. The van der Waals surface area contributed by atoms with E-state index in [1.54, 1.807) is 20.8 Å². The zero-order valence-electron chi connectivity index (χ0n) is 10.5. The van der Waals surface area contributed by atoms with E-state index in [9.17, 15) is 4.79 Å². The van der Waals surface area contributed by atoms with E-state index >= 15 is 0 Å². The molecule has 0 saturated carbocycles. The highest BCUT2D eigenvalue weighted by Crippen LogP contribution is 2.12. The molecule has 0 aliphatic rings. The number of carbonyl (C=O) groups excluding carboxylic acids is 1. The normalized spacial score (nSPS) is 11.1. The minimum atomic E-state index is -0.559. The van der Waals surface area contributed by atoms with Crippen LogP contribution in [-0.2, 0) is 11.3 Å². The number of ether oxygens (including phenoxy) is 1. The van der Waals surface area contributed by atoms with Gasteiger partial charge in [0, 0.05) is 25.0 Å². The molecule has 94 valence electrons. The zero-order valence-corrected chi connectivity index (χ0v) is 10.5. The van der Waals surface area contributed by atoms with Gasteiger partial charge in [-0.15, -0.1) is 0 Å². The van der Waals surface area contributed by atoms with Crippen molar-refractivity contribution < 1.29 is 14.6 Å². The van der Waals surface area contributed by atoms with Crippen molar-refractivity contribution in [2.45, 2.75) is 33.0 Å². The first-order valence-electron chi connectivity index (χ1n) is 5.22. The SMILES string of the molecule is CN(C(=O)OC(C)(C)C)c1ncc(CO)cn1. The standard InChI is InChI=1S/C11H17N3O3/c1-11(2,3)17-10(16)14(4)9-12-5-8(7-15)6-13-9/h5-6,15H,7H2,1-4H3. The van der Waals surface area contributed by atoms with Gasteiger partial charge in [0.2, 0.25) is 5.95 Å². The topological polar surface area (TPSA) is 75.6 Å². The van der Waals surface area contributed by atoms with Crippen molar-refractivity contribution >= 4 is 12.0 Å². The summed E-state index contributed by atoms with van der Waals surface area (Å²) in [6, 6.07) is 0. The van der Waals surface area contributed by atoms with Crippen LogP contribution in [0.2, 0.25) is 0 Å². The minimum Gasteiger partial charge on any atom is -0.443 e. The van der Waals surface area contributed by atoms with Gasteiger partial charge in [-0.25, -0.2) is 19.7 Å². The summed E-state index contributed by atoms with van der Waals surface area (Å²) in [4.78, 5) is 20.8. The Kier molecular flexibility index (Phi) is 4.01. The molecule has 0 aliphatic heterocycles. The number of hydrogen-bond acceptors (Lipinski definition) is 5. The van der Waals surface area contributed by atoms with E-state index in [4.69, 9.17) is 9.84 Å². The van der Waals surface area contributed by atoms with Crippen molar-refractivity contribution in [2.24, 2.45) is 0 Å². The Labute approximate surface area is 100 Å². The molecule has 0 saturated heterocycles. The second-order valence-corrected chi connectivity index (χ2v) is 4.59. The first-order valence-corrected chi connectivity index (χ1v) is 5.22. The number of aliphatic hydroxyl groups excluding tert-OH is 1. The van der Waals surface area contributed by atoms with Crippen LogP contribution >= 0.6 is 0 Å². The van der Waals surface area contributed by atoms with E-state index in [2.05, 4.69) is 9.97 Å². The second-order valence-electron chi connectivity index (χ2n) is 4.59. The van der Waals surface area contributed by atoms with Crippen molar-refractivity contribution in [3.63, 3.8) is 0 Å². The van der Waals surface area contributed by atoms with Crippen LogP contribution in [-0.4, -0.2) is 33.8 Å². The lowest BCUT2D eigenvalue weighted by Crippen LogP contribution is -2.35. The first kappa shape index (κ1) is 13.4. The third kappa shape index (κ3) is 3.99. The largest absolute Gasteiger partial charge is 0.443 e. The van der Waals surface area contributed by atoms with E-state index in [1.807, 2.05) is 0 Å². The zero-order chi connectivity index (χ0) is 13.1. The number of anilines is 1. The molecule has 1 rings (SSSR count). The van der Waals surface area contributed by atoms with Crippen LogP contribution in [0.3, 0.4) is 0 Å². The van der Waals surface area contributed by atoms with E-state index < -0.39 is 11.7 Å². The molecule has 0 spiro atoms. The van der Waals surface area contributed by atoms with Gasteiger partial charge in [0.05, 0.1) is 6.61 Å². The predicted molar refractivity (Wildman–Crippen MR) is 62.6 cm³/mol. The Morgan fingerprint density at radius 1 is 1.41 bits per heavy atom. The van der Waals surface area contributed by atoms with Crippen LogP contribution in [0.25, 0.3) is 0 Å². The van der Waals surface area contributed by atoms with Gasteiger partial charge in [-0.05, 0) is 20.8 Å². The van der Waals surface area contributed by atoms with E-state index in [-0.39, 0.29) is 12.6 Å². The van der Waals surface area contributed by atoms with Crippen LogP contribution in [0.5, 0.6) is 0 Å². The summed E-state index contributed by atoms with van der Waals surface area (Å²) in [6.07, 6.45) is 2.40. The van der Waals surface area contributed by atoms with Crippen molar-refractivity contribution in [3.05, 3.63) is 18.0 Å². The maximum atomic E-state index is 11.7. The number of hydrogen-bond donors (Lipinski definition) is 1. The Balaban J connectivity index is 2.74. The molecule has 1 aromatic rings. The quantitative estimate of drug-likeness (QED) is 0.842. The monoisotopic (exact) mass is 239 g/mol. The van der Waals surface area contributed by atoms with Gasteiger partial charge in [0.15, 0.2) is 0 Å². The number of aliphatic hydroxyl groups is 1. The molecule has 1 aromatic heterocycles. The van der Waals surface area contributed by atoms with Gasteiger partial charge in [-0.2, -0.15) is 0 Å². The summed E-state index contributed by atoms with van der Waals surface area (Å²) in [5, 5.41) is 8.84. The van der Waals surface area contributed by atoms with Crippen molar-refractivity contribution in [1.82, 2.24) is 9.97 Å². The molecule has 1 heterocycles. The van der Waals surface area contributed by atoms with Crippen molar-refractivity contribution in [3.8, 4) is 0 Å². The second kappa shape index (κ2) is 5.09. The molecule has 1 amide bonds. The van der Waals surface area contributed by atoms with Crippen LogP contribution in [0.4, 0.5) is 10.7 Å². The third-order valence-electron chi connectivity index (χ3n) is 1.84. The first-order chi connectivity index (χ1) is 7.83. The van der Waals surface area contributed by atoms with Gasteiger partial charge in [0.1, 0.15) is 5.60 Å². The van der Waals surface area contributed by atoms with Crippen molar-refractivity contribution in [1.29, 1.82) is 0 Å². The Morgan fingerprint density at radius 3 is 2.35 bits per heavy atom. The highest BCUT2D eigenvalue weighted by molar-refractivity contribution is 5.84. The molecule has 6 nitrogen and oxygen atoms in total. The fourth-order valence-corrected chi connectivity index (χ4v) is 1.01. The number of amides is 1. The van der Waals surface area contributed by atoms with Gasteiger partial charge in [-0.1, -0.05) is 0 Å². The van der Waals surface area contributed by atoms with E-state index in [0.29, 0.717) is 5.56 Å². The van der Waals surface area contributed by atoms with Crippen LogP contribution in [0.1, 0.15) is 26.3 Å². The number of aromatic nitrogens is 2. The molecule has 0 aliphatic carbocycles. The fourth-order valence-electron chi connectivity index (χ4n) is 1.01. The van der Waals surface area contributed by atoms with Crippen LogP contribution in [0.15, 0.2) is 12.4 Å². The summed E-state index contributed by atoms with van der Waals surface area (Å²) in [5.41, 5.74) is 0.0301. The average Bonchev–Trinajstić information content (AvgIpc) is 2.26. The predicted octanol–water partition coefficient (Wildman–Crippen LogP) is 1.34. The highest BCUT2D eigenvalue weighted by Gasteiger charge is 2.21. The number of rotatable bonds is 2. The number of nitrogens with zero attached hydrogens (tertiary/aromatic N) is 3. The molecule has 17 heavy (non-hydrogen) atoms. The molecule has 0 unspecified atom stereocenters. The maximum absolute atomic E-state index is 11.7. The highest BCUT2D eigenvalue weighted by atomic mass is 16.6. The molecule has 0 fully saturated rings. The summed E-state index contributed by atoms with van der Waals surface area (Å²) in [6.45, 7) is 5.23. The Hall–Kier alpha value is -1.69. The van der Waals surface area contributed by atoms with Gasteiger partial charge in [0.25, 0.3) is 0 Å². The van der Waals surface area contributed by atoms with Crippen LogP contribution < -0.4 is 4.90 Å². The van der Waals surface area contributed by atoms with E-state index in [0.717, 1.165) is 0 Å². The molecule has 0 radical (unpaired) electrons. The van der Waals surface area contributed by atoms with Gasteiger partial charge >= 0.3 is 6.09 Å². The summed E-state index contributed by atoms with van der Waals surface area (Å²) in [7, 11) is 1.53. The summed E-state index contributed by atoms with van der Waals surface area (Å²) in [5.74, 6) is 0.233. The lowest BCUT2D eigenvalue weighted by Gasteiger charge is -2.23. The summed E-state index contributed by atoms with van der Waals surface area (Å²) < 4.78 is 5.17. The Morgan fingerprint density at radius 2 is 1.94 bits per heavy atom. The molecular weight excluding hydrogens is 222 g/mol. The lowest BCUT2D eigenvalue weighted by atomic mass is 10.2. The average molecular weight is 239 g/mol. The molecular formula is C11H17N3O3. The lowest BCUT2D eigenvalue weighted by molar-refractivity contribution is 0.0587. The molecule has 0 bridgehead atoms. The van der Waals surface area contributed by atoms with Gasteiger partial charge < -0.3 is 9.84 Å².